The molecule has 3 N–H and O–H groups in total. The van der Waals surface area contributed by atoms with Crippen LogP contribution in [0.3, 0.4) is 0 Å². The van der Waals surface area contributed by atoms with Crippen molar-refractivity contribution in [1.82, 2.24) is 0 Å². The van der Waals surface area contributed by atoms with Crippen molar-refractivity contribution in [3.8, 4) is 6.07 Å². The molecule has 0 saturated carbocycles. The van der Waals surface area contributed by atoms with Crippen LogP contribution in [-0.2, 0) is 0 Å². The maximum Gasteiger partial charge on any atom is 0.161 e. The Balaban J connectivity index is 2.99. The molecule has 0 fully saturated rings. The number of nitrogens with two attached hydrogens (primary N) is 1. The molecule has 0 aliphatic rings. The standard InChI is InChI=1S/C11H13BrFN3/c1-2-8(6-15)16-9-4-3-7(5-14)10(12)11(9)13/h3-4,8,16H,2,6,15H2,1H3. The van der Waals surface area contributed by atoms with Gasteiger partial charge >= 0.3 is 0 Å². The normalized spacial score (nSPS) is 11.9. The number of nitrogens with one attached hydrogen (secondary N) is 1. The lowest BCUT2D eigenvalue weighted by Gasteiger charge is -2.17. The van der Waals surface area contributed by atoms with Crippen LogP contribution in [0.4, 0.5) is 10.1 Å². The van der Waals surface area contributed by atoms with E-state index in [1.807, 2.05) is 13.0 Å². The third kappa shape index (κ3) is 2.71. The minimum atomic E-state index is -0.453. The molecule has 0 spiro atoms. The number of rotatable bonds is 4. The molecule has 0 bridgehead atoms. The topological polar surface area (TPSA) is 61.8 Å². The summed E-state index contributed by atoms with van der Waals surface area (Å²) in [4.78, 5) is 0. The van der Waals surface area contributed by atoms with Crippen LogP contribution in [0.25, 0.3) is 0 Å². The van der Waals surface area contributed by atoms with Crippen LogP contribution in [0.15, 0.2) is 16.6 Å². The van der Waals surface area contributed by atoms with Gasteiger partial charge in [0, 0.05) is 12.6 Å². The van der Waals surface area contributed by atoms with Gasteiger partial charge in [0.1, 0.15) is 6.07 Å². The van der Waals surface area contributed by atoms with E-state index in [2.05, 4.69) is 21.2 Å². The van der Waals surface area contributed by atoms with Crippen molar-refractivity contribution < 1.29 is 4.39 Å². The van der Waals surface area contributed by atoms with E-state index in [0.717, 1.165) is 6.42 Å². The molecule has 0 saturated heterocycles. The molecule has 1 aromatic carbocycles. The third-order valence-electron chi connectivity index (χ3n) is 2.34. The van der Waals surface area contributed by atoms with Crippen molar-refractivity contribution in [2.24, 2.45) is 5.73 Å². The van der Waals surface area contributed by atoms with Gasteiger partial charge in [0.25, 0.3) is 0 Å². The van der Waals surface area contributed by atoms with Crippen molar-refractivity contribution >= 4 is 21.6 Å². The van der Waals surface area contributed by atoms with Crippen molar-refractivity contribution in [2.45, 2.75) is 19.4 Å². The van der Waals surface area contributed by atoms with Gasteiger partial charge in [-0.1, -0.05) is 6.92 Å². The summed E-state index contributed by atoms with van der Waals surface area (Å²) in [7, 11) is 0. The van der Waals surface area contributed by atoms with E-state index < -0.39 is 5.82 Å². The van der Waals surface area contributed by atoms with Crippen LogP contribution in [0.1, 0.15) is 18.9 Å². The van der Waals surface area contributed by atoms with Crippen molar-refractivity contribution in [3.05, 3.63) is 28.0 Å². The Morgan fingerprint density at radius 3 is 2.81 bits per heavy atom. The van der Waals surface area contributed by atoms with Crippen molar-refractivity contribution in [2.75, 3.05) is 11.9 Å². The fourth-order valence-electron chi connectivity index (χ4n) is 1.29. The molecule has 5 heteroatoms. The predicted octanol–water partition coefficient (Wildman–Crippen LogP) is 2.61. The quantitative estimate of drug-likeness (QED) is 0.894. The average Bonchev–Trinajstić information content (AvgIpc) is 2.31. The number of hydrogen-bond acceptors (Lipinski definition) is 3. The molecule has 3 nitrogen and oxygen atoms in total. The highest BCUT2D eigenvalue weighted by molar-refractivity contribution is 9.10. The summed E-state index contributed by atoms with van der Waals surface area (Å²) in [6.07, 6.45) is 0.813. The largest absolute Gasteiger partial charge is 0.379 e. The summed E-state index contributed by atoms with van der Waals surface area (Å²) in [5.41, 5.74) is 6.17. The number of hydrogen-bond donors (Lipinski definition) is 2. The Morgan fingerprint density at radius 1 is 1.62 bits per heavy atom. The minimum Gasteiger partial charge on any atom is -0.379 e. The van der Waals surface area contributed by atoms with Gasteiger partial charge in [-0.3, -0.25) is 0 Å². The summed E-state index contributed by atoms with van der Waals surface area (Å²) in [5, 5.41) is 11.7. The lowest BCUT2D eigenvalue weighted by Crippen LogP contribution is -2.28. The third-order valence-corrected chi connectivity index (χ3v) is 3.11. The summed E-state index contributed by atoms with van der Waals surface area (Å²) in [6.45, 7) is 2.41. The van der Waals surface area contributed by atoms with Gasteiger partial charge in [-0.05, 0) is 34.5 Å². The Kier molecular flexibility index (Phi) is 4.71. The highest BCUT2D eigenvalue weighted by Crippen LogP contribution is 2.27. The zero-order valence-corrected chi connectivity index (χ0v) is 10.5. The monoisotopic (exact) mass is 285 g/mol. The molecule has 1 unspecified atom stereocenters. The molecular formula is C11H13BrFN3. The maximum absolute atomic E-state index is 13.8. The molecule has 0 aliphatic heterocycles. The molecule has 1 rings (SSSR count). The molecule has 0 aromatic heterocycles. The van der Waals surface area contributed by atoms with E-state index in [1.54, 1.807) is 12.1 Å². The summed E-state index contributed by atoms with van der Waals surface area (Å²) >= 11 is 3.06. The fourth-order valence-corrected chi connectivity index (χ4v) is 1.73. The first-order chi connectivity index (χ1) is 7.63. The van der Waals surface area contributed by atoms with E-state index in [0.29, 0.717) is 12.2 Å². The first-order valence-electron chi connectivity index (χ1n) is 4.98. The molecule has 0 radical (unpaired) electrons. The zero-order chi connectivity index (χ0) is 12.1. The zero-order valence-electron chi connectivity index (χ0n) is 8.93. The summed E-state index contributed by atoms with van der Waals surface area (Å²) in [5.74, 6) is -0.453. The van der Waals surface area contributed by atoms with E-state index in [4.69, 9.17) is 11.0 Å². The minimum absolute atomic E-state index is 0.0364. The van der Waals surface area contributed by atoms with Crippen LogP contribution in [0.2, 0.25) is 0 Å². The first-order valence-corrected chi connectivity index (χ1v) is 5.78. The molecule has 1 atom stereocenters. The molecule has 0 aliphatic carbocycles. The van der Waals surface area contributed by atoms with Crippen LogP contribution in [-0.4, -0.2) is 12.6 Å². The number of halogens is 2. The number of anilines is 1. The van der Waals surface area contributed by atoms with Crippen LogP contribution in [0.5, 0.6) is 0 Å². The molecule has 16 heavy (non-hydrogen) atoms. The number of nitrogens with zero attached hydrogens (tertiary/aromatic N) is 1. The summed E-state index contributed by atoms with van der Waals surface area (Å²) in [6, 6.07) is 5.06. The van der Waals surface area contributed by atoms with Gasteiger partial charge in [0.15, 0.2) is 5.82 Å². The van der Waals surface area contributed by atoms with Gasteiger partial charge in [-0.15, -0.1) is 0 Å². The smallest absolute Gasteiger partial charge is 0.161 e. The van der Waals surface area contributed by atoms with Gasteiger partial charge < -0.3 is 11.1 Å². The molecule has 0 heterocycles. The van der Waals surface area contributed by atoms with E-state index >= 15 is 0 Å². The predicted molar refractivity (Wildman–Crippen MR) is 65.6 cm³/mol. The Hall–Kier alpha value is -1.12. The fraction of sp³-hybridized carbons (Fsp3) is 0.364. The lowest BCUT2D eigenvalue weighted by atomic mass is 10.1. The lowest BCUT2D eigenvalue weighted by molar-refractivity contribution is 0.614. The van der Waals surface area contributed by atoms with E-state index in [1.165, 1.54) is 0 Å². The maximum atomic E-state index is 13.8. The van der Waals surface area contributed by atoms with Gasteiger partial charge in [0.2, 0.25) is 0 Å². The second kappa shape index (κ2) is 5.83. The number of nitriles is 1. The van der Waals surface area contributed by atoms with Crippen LogP contribution >= 0.6 is 15.9 Å². The molecule has 0 amide bonds. The highest BCUT2D eigenvalue weighted by Gasteiger charge is 2.13. The first kappa shape index (κ1) is 12.9. The van der Waals surface area contributed by atoms with Crippen molar-refractivity contribution in [3.63, 3.8) is 0 Å². The molecule has 86 valence electrons. The second-order valence-corrected chi connectivity index (χ2v) is 4.18. The molecule has 1 aromatic rings. The van der Waals surface area contributed by atoms with Gasteiger partial charge in [0.05, 0.1) is 15.7 Å². The van der Waals surface area contributed by atoms with Gasteiger partial charge in [-0.25, -0.2) is 4.39 Å². The van der Waals surface area contributed by atoms with Gasteiger partial charge in [-0.2, -0.15) is 5.26 Å². The van der Waals surface area contributed by atoms with Crippen LogP contribution in [0, 0.1) is 17.1 Å². The van der Waals surface area contributed by atoms with E-state index in [9.17, 15) is 4.39 Å². The Morgan fingerprint density at radius 2 is 2.31 bits per heavy atom. The number of benzene rings is 1. The Labute approximate surface area is 103 Å². The summed E-state index contributed by atoms with van der Waals surface area (Å²) < 4.78 is 14.0. The van der Waals surface area contributed by atoms with Crippen molar-refractivity contribution in [1.29, 1.82) is 5.26 Å². The Bertz CT molecular complexity index is 410. The molecular weight excluding hydrogens is 273 g/mol. The SMILES string of the molecule is CCC(CN)Nc1ccc(C#N)c(Br)c1F. The highest BCUT2D eigenvalue weighted by atomic mass is 79.9. The van der Waals surface area contributed by atoms with Crippen LogP contribution < -0.4 is 11.1 Å². The van der Waals surface area contributed by atoms with E-state index in [-0.39, 0.29) is 16.1 Å². The average molecular weight is 286 g/mol. The second-order valence-electron chi connectivity index (χ2n) is 3.39.